The lowest BCUT2D eigenvalue weighted by atomic mass is 10.1. The van der Waals surface area contributed by atoms with E-state index in [2.05, 4.69) is 4.98 Å². The fourth-order valence-electron chi connectivity index (χ4n) is 3.13. The quantitative estimate of drug-likeness (QED) is 0.488. The van der Waals surface area contributed by atoms with E-state index in [0.29, 0.717) is 18.0 Å². The van der Waals surface area contributed by atoms with Gasteiger partial charge in [-0.05, 0) is 25.1 Å². The van der Waals surface area contributed by atoms with Gasteiger partial charge in [0.25, 0.3) is 5.91 Å². The molecule has 138 valence electrons. The molecule has 27 heavy (non-hydrogen) atoms. The summed E-state index contributed by atoms with van der Waals surface area (Å²) < 4.78 is 12.3. The highest BCUT2D eigenvalue weighted by Crippen LogP contribution is 2.32. The van der Waals surface area contributed by atoms with E-state index in [9.17, 15) is 4.79 Å². The van der Waals surface area contributed by atoms with Crippen LogP contribution in [-0.4, -0.2) is 29.9 Å². The lowest BCUT2D eigenvalue weighted by Crippen LogP contribution is -2.30. The van der Waals surface area contributed by atoms with Crippen LogP contribution in [0.15, 0.2) is 52.9 Å². The number of rotatable bonds is 5. The minimum atomic E-state index is -0.176. The van der Waals surface area contributed by atoms with Crippen molar-refractivity contribution in [2.45, 2.75) is 19.6 Å². The summed E-state index contributed by atoms with van der Waals surface area (Å²) in [7, 11) is 3.40. The molecule has 1 amide bonds. The fourth-order valence-corrected chi connectivity index (χ4v) is 4.19. The molecule has 1 atom stereocenters. The molecule has 0 fully saturated rings. The van der Waals surface area contributed by atoms with Crippen LogP contribution >= 0.6 is 11.3 Å². The van der Waals surface area contributed by atoms with Crippen LogP contribution in [0.2, 0.25) is 0 Å². The number of methoxy groups -OCH3 is 1. The van der Waals surface area contributed by atoms with Crippen LogP contribution in [0.3, 0.4) is 0 Å². The monoisotopic (exact) mass is 380 g/mol. The van der Waals surface area contributed by atoms with Crippen molar-refractivity contribution in [2.24, 2.45) is 0 Å². The first-order valence-electron chi connectivity index (χ1n) is 8.72. The molecule has 5 nitrogen and oxygen atoms in total. The number of thiazole rings is 1. The lowest BCUT2D eigenvalue weighted by molar-refractivity contribution is 0.0706. The molecule has 0 radical (unpaired) electrons. The van der Waals surface area contributed by atoms with Gasteiger partial charge in [-0.25, -0.2) is 4.98 Å². The highest BCUT2D eigenvalue weighted by Gasteiger charge is 2.27. The third kappa shape index (κ3) is 3.11. The molecule has 0 N–H and O–H groups in total. The second kappa shape index (κ2) is 7.13. The van der Waals surface area contributed by atoms with Gasteiger partial charge in [-0.2, -0.15) is 0 Å². The molecule has 2 aromatic carbocycles. The highest BCUT2D eigenvalue weighted by atomic mass is 32.1. The summed E-state index contributed by atoms with van der Waals surface area (Å²) in [6.45, 7) is 2.30. The minimum absolute atomic E-state index is 0.168. The number of carbonyl (C=O) groups is 1. The summed E-state index contributed by atoms with van der Waals surface area (Å²) in [6, 6.07) is 15.5. The van der Waals surface area contributed by atoms with Gasteiger partial charge in [-0.3, -0.25) is 4.79 Å². The number of para-hydroxylation sites is 2. The van der Waals surface area contributed by atoms with Gasteiger partial charge < -0.3 is 14.1 Å². The molecule has 2 heterocycles. The third-order valence-electron chi connectivity index (χ3n) is 4.75. The summed E-state index contributed by atoms with van der Waals surface area (Å²) in [5, 5.41) is 1.81. The second-order valence-corrected chi connectivity index (χ2v) is 7.51. The zero-order chi connectivity index (χ0) is 19.0. The number of amides is 1. The van der Waals surface area contributed by atoms with Gasteiger partial charge in [-0.1, -0.05) is 30.3 Å². The maximum atomic E-state index is 13.2. The largest absolute Gasteiger partial charge is 0.451 e. The van der Waals surface area contributed by atoms with Crippen LogP contribution in [0.5, 0.6) is 0 Å². The number of ether oxygens (including phenoxy) is 1. The molecule has 0 aliphatic carbocycles. The van der Waals surface area contributed by atoms with Gasteiger partial charge >= 0.3 is 0 Å². The maximum absolute atomic E-state index is 13.2. The SMILES string of the molecule is COCc1c(C(=O)N(C)[C@H](C)c2nc3ccccc3s2)oc2ccccc12. The summed E-state index contributed by atoms with van der Waals surface area (Å²) in [6.07, 6.45) is 0. The smallest absolute Gasteiger partial charge is 0.290 e. The van der Waals surface area contributed by atoms with Crippen LogP contribution in [0.25, 0.3) is 21.2 Å². The Morgan fingerprint density at radius 2 is 1.96 bits per heavy atom. The second-order valence-electron chi connectivity index (χ2n) is 6.45. The molecule has 4 rings (SSSR count). The molecule has 0 saturated heterocycles. The zero-order valence-corrected chi connectivity index (χ0v) is 16.2. The van der Waals surface area contributed by atoms with E-state index in [1.807, 2.05) is 55.5 Å². The standard InChI is InChI=1S/C21H20N2O3S/c1-13(20-22-16-9-5-7-11-18(16)27-20)23(2)21(24)19-15(12-25-3)14-8-4-6-10-17(14)26-19/h4-11,13H,12H2,1-3H3/t13-/m1/s1. The topological polar surface area (TPSA) is 55.6 Å². The number of hydrogen-bond donors (Lipinski definition) is 0. The number of aromatic nitrogens is 1. The highest BCUT2D eigenvalue weighted by molar-refractivity contribution is 7.18. The Bertz CT molecular complexity index is 1080. The average molecular weight is 380 g/mol. The number of furan rings is 1. The van der Waals surface area contributed by atoms with Crippen molar-refractivity contribution in [3.8, 4) is 0 Å². The van der Waals surface area contributed by atoms with E-state index in [4.69, 9.17) is 9.15 Å². The molecule has 6 heteroatoms. The van der Waals surface area contributed by atoms with Gasteiger partial charge in [-0.15, -0.1) is 11.3 Å². The van der Waals surface area contributed by atoms with E-state index in [0.717, 1.165) is 26.2 Å². The Morgan fingerprint density at radius 1 is 1.22 bits per heavy atom. The zero-order valence-electron chi connectivity index (χ0n) is 15.4. The first-order valence-corrected chi connectivity index (χ1v) is 9.53. The molecular weight excluding hydrogens is 360 g/mol. The molecule has 4 aromatic rings. The van der Waals surface area contributed by atoms with Gasteiger partial charge in [0.05, 0.1) is 22.9 Å². The molecule has 0 unspecified atom stereocenters. The number of hydrogen-bond acceptors (Lipinski definition) is 5. The Labute approximate surface area is 161 Å². The molecule has 0 aliphatic rings. The fraction of sp³-hybridized carbons (Fsp3) is 0.238. The molecular formula is C21H20N2O3S. The molecule has 2 aromatic heterocycles. The van der Waals surface area contributed by atoms with Crippen LogP contribution in [0.1, 0.15) is 34.1 Å². The molecule has 0 bridgehead atoms. The van der Waals surface area contributed by atoms with Gasteiger partial charge in [0.2, 0.25) is 0 Å². The van der Waals surface area contributed by atoms with Crippen molar-refractivity contribution in [1.82, 2.24) is 9.88 Å². The van der Waals surface area contributed by atoms with E-state index in [1.165, 1.54) is 0 Å². The third-order valence-corrected chi connectivity index (χ3v) is 5.96. The van der Waals surface area contributed by atoms with Crippen LogP contribution in [0, 0.1) is 0 Å². The summed E-state index contributed by atoms with van der Waals surface area (Å²) in [5.41, 5.74) is 2.42. The first kappa shape index (κ1) is 17.7. The summed E-state index contributed by atoms with van der Waals surface area (Å²) in [5.74, 6) is 0.151. The molecule has 0 saturated carbocycles. The number of benzene rings is 2. The molecule has 0 spiro atoms. The Morgan fingerprint density at radius 3 is 2.74 bits per heavy atom. The predicted octanol–water partition coefficient (Wildman–Crippen LogP) is 5.02. The van der Waals surface area contributed by atoms with E-state index >= 15 is 0 Å². The normalized spacial score (nSPS) is 12.6. The molecule has 0 aliphatic heterocycles. The van der Waals surface area contributed by atoms with Crippen LogP contribution < -0.4 is 0 Å². The van der Waals surface area contributed by atoms with Crippen molar-refractivity contribution in [3.05, 3.63) is 64.9 Å². The van der Waals surface area contributed by atoms with E-state index in [1.54, 1.807) is 30.4 Å². The van der Waals surface area contributed by atoms with Gasteiger partial charge in [0, 0.05) is 25.1 Å². The minimum Gasteiger partial charge on any atom is -0.451 e. The van der Waals surface area contributed by atoms with Gasteiger partial charge in [0.15, 0.2) is 5.76 Å². The summed E-state index contributed by atoms with van der Waals surface area (Å²) in [4.78, 5) is 19.5. The number of carbonyl (C=O) groups excluding carboxylic acids is 1. The predicted molar refractivity (Wildman–Crippen MR) is 107 cm³/mol. The number of fused-ring (bicyclic) bond motifs is 2. The Hall–Kier alpha value is -2.70. The van der Waals surface area contributed by atoms with Crippen molar-refractivity contribution in [2.75, 3.05) is 14.2 Å². The first-order chi connectivity index (χ1) is 13.1. The van der Waals surface area contributed by atoms with Crippen molar-refractivity contribution < 1.29 is 13.9 Å². The Kier molecular flexibility index (Phi) is 4.68. The Balaban J connectivity index is 1.69. The maximum Gasteiger partial charge on any atom is 0.290 e. The lowest BCUT2D eigenvalue weighted by Gasteiger charge is -2.22. The average Bonchev–Trinajstić information content (AvgIpc) is 3.28. The van der Waals surface area contributed by atoms with Crippen LogP contribution in [0.4, 0.5) is 0 Å². The number of nitrogens with zero attached hydrogens (tertiary/aromatic N) is 2. The van der Waals surface area contributed by atoms with Crippen molar-refractivity contribution in [1.29, 1.82) is 0 Å². The van der Waals surface area contributed by atoms with E-state index < -0.39 is 0 Å². The van der Waals surface area contributed by atoms with Crippen LogP contribution in [-0.2, 0) is 11.3 Å². The van der Waals surface area contributed by atoms with Gasteiger partial charge in [0.1, 0.15) is 10.6 Å². The summed E-state index contributed by atoms with van der Waals surface area (Å²) >= 11 is 1.61. The van der Waals surface area contributed by atoms with E-state index in [-0.39, 0.29) is 11.9 Å². The van der Waals surface area contributed by atoms with Crippen molar-refractivity contribution in [3.63, 3.8) is 0 Å². The van der Waals surface area contributed by atoms with Crippen molar-refractivity contribution >= 4 is 38.4 Å².